The average molecular weight is 315 g/mol. The first-order valence-electron chi connectivity index (χ1n) is 6.81. The van der Waals surface area contributed by atoms with Crippen molar-refractivity contribution in [1.29, 1.82) is 0 Å². The number of rotatable bonds is 4. The zero-order chi connectivity index (χ0) is 15.7. The average Bonchev–Trinajstić information content (AvgIpc) is 2.41. The molecule has 0 aliphatic heterocycles. The highest BCUT2D eigenvalue weighted by Crippen LogP contribution is 2.35. The topological polar surface area (TPSA) is 83.5 Å². The maximum absolute atomic E-state index is 12.9. The molecule has 1 aliphatic carbocycles. The zero-order valence-corrected chi connectivity index (χ0v) is 12.5. The molecule has 5 nitrogen and oxygen atoms in total. The molecule has 0 amide bonds. The molecule has 2 unspecified atom stereocenters. The van der Waals surface area contributed by atoms with Gasteiger partial charge in [0, 0.05) is 0 Å². The van der Waals surface area contributed by atoms with Gasteiger partial charge in [0.2, 0.25) is 10.0 Å². The molecule has 1 aliphatic rings. The molecule has 7 heteroatoms. The molecule has 0 heterocycles. The predicted octanol–water partition coefficient (Wildman–Crippen LogP) is 2.14. The van der Waals surface area contributed by atoms with E-state index in [4.69, 9.17) is 0 Å². The molecule has 21 heavy (non-hydrogen) atoms. The summed E-state index contributed by atoms with van der Waals surface area (Å²) in [4.78, 5) is 11.5. The van der Waals surface area contributed by atoms with E-state index in [9.17, 15) is 22.7 Å². The first kappa shape index (κ1) is 15.9. The second kappa shape index (κ2) is 5.73. The van der Waals surface area contributed by atoms with Crippen LogP contribution in [0.2, 0.25) is 0 Å². The number of nitrogens with one attached hydrogen (secondary N) is 1. The highest BCUT2D eigenvalue weighted by atomic mass is 32.2. The Morgan fingerprint density at radius 1 is 1.33 bits per heavy atom. The summed E-state index contributed by atoms with van der Waals surface area (Å²) in [6.45, 7) is 1.74. The maximum Gasteiger partial charge on any atom is 0.325 e. The first-order chi connectivity index (χ1) is 9.78. The third-order valence-electron chi connectivity index (χ3n) is 4.12. The standard InChI is InChI=1S/C14H18FNO4S/c1-10-4-2-3-9-14(10,13(17)18)16-21(19,20)12-7-5-11(15)6-8-12/h5-8,10,16H,2-4,9H2,1H3,(H,17,18). The lowest BCUT2D eigenvalue weighted by Gasteiger charge is -2.39. The van der Waals surface area contributed by atoms with Crippen molar-refractivity contribution in [2.75, 3.05) is 0 Å². The van der Waals surface area contributed by atoms with E-state index in [1.165, 1.54) is 0 Å². The van der Waals surface area contributed by atoms with Crippen LogP contribution in [0.25, 0.3) is 0 Å². The van der Waals surface area contributed by atoms with Crippen LogP contribution in [0.3, 0.4) is 0 Å². The van der Waals surface area contributed by atoms with Crippen LogP contribution in [0, 0.1) is 11.7 Å². The highest BCUT2D eigenvalue weighted by Gasteiger charge is 2.48. The van der Waals surface area contributed by atoms with Crippen molar-refractivity contribution >= 4 is 16.0 Å². The lowest BCUT2D eigenvalue weighted by Crippen LogP contribution is -2.59. The molecule has 2 atom stereocenters. The predicted molar refractivity (Wildman–Crippen MR) is 74.7 cm³/mol. The molecule has 1 aromatic carbocycles. The van der Waals surface area contributed by atoms with Crippen molar-refractivity contribution < 1.29 is 22.7 Å². The van der Waals surface area contributed by atoms with E-state index in [0.717, 1.165) is 30.7 Å². The zero-order valence-electron chi connectivity index (χ0n) is 11.7. The molecule has 0 radical (unpaired) electrons. The summed E-state index contributed by atoms with van der Waals surface area (Å²) in [5, 5.41) is 9.53. The van der Waals surface area contributed by atoms with Gasteiger partial charge in [-0.1, -0.05) is 19.8 Å². The van der Waals surface area contributed by atoms with Gasteiger partial charge in [0.1, 0.15) is 11.4 Å². The minimum Gasteiger partial charge on any atom is -0.480 e. The summed E-state index contributed by atoms with van der Waals surface area (Å²) < 4.78 is 40.0. The smallest absolute Gasteiger partial charge is 0.325 e. The number of carboxylic acids is 1. The van der Waals surface area contributed by atoms with E-state index in [0.29, 0.717) is 12.8 Å². The number of halogens is 1. The molecule has 0 saturated heterocycles. The van der Waals surface area contributed by atoms with E-state index in [-0.39, 0.29) is 17.2 Å². The lowest BCUT2D eigenvalue weighted by atomic mass is 9.74. The first-order valence-corrected chi connectivity index (χ1v) is 8.29. The Bertz CT molecular complexity index is 629. The van der Waals surface area contributed by atoms with Crippen LogP contribution in [0.5, 0.6) is 0 Å². The Hall–Kier alpha value is -1.47. The molecule has 116 valence electrons. The molecular weight excluding hydrogens is 297 g/mol. The molecule has 1 saturated carbocycles. The quantitative estimate of drug-likeness (QED) is 0.891. The normalized spacial score (nSPS) is 26.5. The molecule has 0 spiro atoms. The van der Waals surface area contributed by atoms with Crippen molar-refractivity contribution in [3.63, 3.8) is 0 Å². The summed E-state index contributed by atoms with van der Waals surface area (Å²) >= 11 is 0. The van der Waals surface area contributed by atoms with Gasteiger partial charge in [0.15, 0.2) is 0 Å². The van der Waals surface area contributed by atoms with Gasteiger partial charge < -0.3 is 5.11 Å². The Morgan fingerprint density at radius 3 is 2.48 bits per heavy atom. The fourth-order valence-corrected chi connectivity index (χ4v) is 4.25. The monoisotopic (exact) mass is 315 g/mol. The van der Waals surface area contributed by atoms with Crippen LogP contribution in [0.15, 0.2) is 29.2 Å². The molecule has 1 aromatic rings. The van der Waals surface area contributed by atoms with Gasteiger partial charge in [-0.05, 0) is 43.0 Å². The van der Waals surface area contributed by atoms with Crippen LogP contribution >= 0.6 is 0 Å². The summed E-state index contributed by atoms with van der Waals surface area (Å²) in [5.74, 6) is -2.02. The minimum atomic E-state index is -4.01. The van der Waals surface area contributed by atoms with Gasteiger partial charge in [-0.3, -0.25) is 4.79 Å². The lowest BCUT2D eigenvalue weighted by molar-refractivity contribution is -0.147. The summed E-state index contributed by atoms with van der Waals surface area (Å²) in [6.07, 6.45) is 2.44. The van der Waals surface area contributed by atoms with Crippen molar-refractivity contribution in [2.45, 2.75) is 43.0 Å². The number of hydrogen-bond donors (Lipinski definition) is 2. The molecule has 0 aromatic heterocycles. The summed E-state index contributed by atoms with van der Waals surface area (Å²) in [5.41, 5.74) is -1.49. The number of benzene rings is 1. The van der Waals surface area contributed by atoms with Gasteiger partial charge in [-0.25, -0.2) is 12.8 Å². The second-order valence-corrected chi connectivity index (χ2v) is 7.17. The Morgan fingerprint density at radius 2 is 1.95 bits per heavy atom. The number of aliphatic carboxylic acids is 1. The van der Waals surface area contributed by atoms with Crippen LogP contribution in [-0.4, -0.2) is 25.0 Å². The van der Waals surface area contributed by atoms with Crippen LogP contribution < -0.4 is 4.72 Å². The van der Waals surface area contributed by atoms with Gasteiger partial charge >= 0.3 is 5.97 Å². The van der Waals surface area contributed by atoms with E-state index in [1.54, 1.807) is 6.92 Å². The van der Waals surface area contributed by atoms with E-state index >= 15 is 0 Å². The molecular formula is C14H18FNO4S. The molecule has 2 N–H and O–H groups in total. The van der Waals surface area contributed by atoms with Crippen molar-refractivity contribution in [3.05, 3.63) is 30.1 Å². The van der Waals surface area contributed by atoms with Gasteiger partial charge in [-0.15, -0.1) is 0 Å². The number of carboxylic acid groups (broad SMARTS) is 1. The largest absolute Gasteiger partial charge is 0.480 e. The van der Waals surface area contributed by atoms with Gasteiger partial charge in [0.25, 0.3) is 0 Å². The second-order valence-electron chi connectivity index (χ2n) is 5.48. The van der Waals surface area contributed by atoms with Crippen LogP contribution in [0.4, 0.5) is 4.39 Å². The summed E-state index contributed by atoms with van der Waals surface area (Å²) in [7, 11) is -4.01. The molecule has 0 bridgehead atoms. The molecule has 2 rings (SSSR count). The van der Waals surface area contributed by atoms with Crippen molar-refractivity contribution in [3.8, 4) is 0 Å². The van der Waals surface area contributed by atoms with E-state index in [2.05, 4.69) is 4.72 Å². The van der Waals surface area contributed by atoms with E-state index in [1.807, 2.05) is 0 Å². The van der Waals surface area contributed by atoms with E-state index < -0.39 is 27.3 Å². The highest BCUT2D eigenvalue weighted by molar-refractivity contribution is 7.89. The fourth-order valence-electron chi connectivity index (χ4n) is 2.77. The third kappa shape index (κ3) is 3.08. The minimum absolute atomic E-state index is 0.137. The fraction of sp³-hybridized carbons (Fsp3) is 0.500. The Labute approximate surface area is 123 Å². The third-order valence-corrected chi connectivity index (χ3v) is 5.65. The van der Waals surface area contributed by atoms with Crippen molar-refractivity contribution in [1.82, 2.24) is 4.72 Å². The Kier molecular flexibility index (Phi) is 4.34. The number of hydrogen-bond acceptors (Lipinski definition) is 3. The SMILES string of the molecule is CC1CCCCC1(NS(=O)(=O)c1ccc(F)cc1)C(=O)O. The van der Waals surface area contributed by atoms with Crippen molar-refractivity contribution in [2.24, 2.45) is 5.92 Å². The number of carbonyl (C=O) groups is 1. The summed E-state index contributed by atoms with van der Waals surface area (Å²) in [6, 6.07) is 4.32. The van der Waals surface area contributed by atoms with Gasteiger partial charge in [0.05, 0.1) is 4.90 Å². The van der Waals surface area contributed by atoms with Crippen LogP contribution in [0.1, 0.15) is 32.6 Å². The Balaban J connectivity index is 2.36. The van der Waals surface area contributed by atoms with Crippen LogP contribution in [-0.2, 0) is 14.8 Å². The molecule has 1 fully saturated rings. The maximum atomic E-state index is 12.9. The number of sulfonamides is 1. The van der Waals surface area contributed by atoms with Gasteiger partial charge in [-0.2, -0.15) is 4.72 Å².